The predicted molar refractivity (Wildman–Crippen MR) is 92.3 cm³/mol. The van der Waals surface area contributed by atoms with Gasteiger partial charge >= 0.3 is 155 Å². The van der Waals surface area contributed by atoms with Gasteiger partial charge in [0, 0.05) is 0 Å². The maximum atomic E-state index is 14.4. The number of fused-ring (bicyclic) bond motifs is 3. The summed E-state index contributed by atoms with van der Waals surface area (Å²) >= 11 is 6.13. The average Bonchev–Trinajstić information content (AvgIpc) is 3.00. The van der Waals surface area contributed by atoms with Crippen molar-refractivity contribution >= 4 is 24.4 Å². The van der Waals surface area contributed by atoms with E-state index in [1.807, 2.05) is 0 Å². The number of benzene rings is 2. The summed E-state index contributed by atoms with van der Waals surface area (Å²) in [5.74, 6) is -0.986. The molecule has 0 saturated carbocycles. The van der Waals surface area contributed by atoms with Crippen molar-refractivity contribution in [3.63, 3.8) is 0 Å². The Bertz CT molecular complexity index is 1090. The molecule has 1 aromatic heterocycles. The van der Waals surface area contributed by atoms with Gasteiger partial charge in [0.05, 0.1) is 0 Å². The van der Waals surface area contributed by atoms with Crippen molar-refractivity contribution in [1.82, 2.24) is 9.46 Å². The van der Waals surface area contributed by atoms with Crippen LogP contribution >= 0.6 is 11.6 Å². The van der Waals surface area contributed by atoms with Crippen molar-refractivity contribution in [1.29, 1.82) is 0 Å². The number of aromatic nitrogens is 2. The Kier molecular flexibility index (Phi) is 4.07. The molecule has 0 atom stereocenters. The fraction of sp³-hybridized carbons (Fsp3) is 0.118. The van der Waals surface area contributed by atoms with Crippen molar-refractivity contribution in [3.8, 4) is 11.4 Å². The number of aliphatic imine (C=N–C) groups is 1. The van der Waals surface area contributed by atoms with Gasteiger partial charge in [-0.25, -0.2) is 0 Å². The molecule has 136 valence electrons. The molecule has 1 N–H and O–H groups in total. The molecule has 0 aliphatic carbocycles. The van der Waals surface area contributed by atoms with Gasteiger partial charge in [-0.2, -0.15) is 0 Å². The summed E-state index contributed by atoms with van der Waals surface area (Å²) in [5, 5.41) is 9.13. The first-order chi connectivity index (χ1) is 12.8. The van der Waals surface area contributed by atoms with Crippen LogP contribution in [0.1, 0.15) is 22.3 Å². The van der Waals surface area contributed by atoms with Crippen LogP contribution in [0.25, 0.3) is 5.69 Å². The number of aromatic hydroxyl groups is 1. The van der Waals surface area contributed by atoms with E-state index in [-0.39, 0.29) is 29.1 Å². The zero-order valence-electron chi connectivity index (χ0n) is 13.4. The molecule has 4 nitrogen and oxygen atoms in total. The van der Waals surface area contributed by atoms with Crippen LogP contribution in [-0.4, -0.2) is 27.3 Å². The normalized spacial score (nSPS) is 13.4. The number of rotatable bonds is 1. The van der Waals surface area contributed by atoms with E-state index < -0.39 is 22.6 Å². The number of halogens is 5. The van der Waals surface area contributed by atoms with Crippen molar-refractivity contribution in [2.45, 2.75) is 12.7 Å². The van der Waals surface area contributed by atoms with Gasteiger partial charge in [0.2, 0.25) is 0 Å². The summed E-state index contributed by atoms with van der Waals surface area (Å²) in [4.78, 5) is 8.28. The van der Waals surface area contributed by atoms with Gasteiger partial charge in [0.15, 0.2) is 0 Å². The van der Waals surface area contributed by atoms with Gasteiger partial charge in [-0.15, -0.1) is 0 Å². The fourth-order valence-corrected chi connectivity index (χ4v) is 3.38. The first-order valence-corrected chi connectivity index (χ1v) is 8.10. The third-order valence-corrected chi connectivity index (χ3v) is 4.63. The summed E-state index contributed by atoms with van der Waals surface area (Å²) < 4.78 is 56.1. The molecule has 0 bridgehead atoms. The van der Waals surface area contributed by atoms with Gasteiger partial charge in [0.25, 0.3) is 0 Å². The molecule has 4 rings (SSSR count). The Morgan fingerprint density at radius 3 is 2.70 bits per heavy atom. The topological polar surface area (TPSA) is 50.4 Å². The Morgan fingerprint density at radius 2 is 1.96 bits per heavy atom. The third-order valence-electron chi connectivity index (χ3n) is 4.24. The van der Waals surface area contributed by atoms with Crippen LogP contribution < -0.4 is 0 Å². The van der Waals surface area contributed by atoms with Crippen LogP contribution in [0.5, 0.6) is 5.75 Å². The fourth-order valence-electron chi connectivity index (χ4n) is 3.02. The maximum absolute atomic E-state index is 14.4. The monoisotopic (exact) mass is 393 g/mol. The number of phenolic OH excluding ortho intramolecular Hbond substituents is 1. The first-order valence-electron chi connectivity index (χ1n) is 7.72. The molecule has 10 heteroatoms. The van der Waals surface area contributed by atoms with Gasteiger partial charge in [0.1, 0.15) is 0 Å². The number of hydrogen-bond donors (Lipinski definition) is 1. The summed E-state index contributed by atoms with van der Waals surface area (Å²) in [6.07, 6.45) is -3.27. The van der Waals surface area contributed by atoms with E-state index in [1.54, 1.807) is 4.57 Å². The molecular weight excluding hydrogens is 384 g/mol. The van der Waals surface area contributed by atoms with E-state index in [1.165, 1.54) is 19.4 Å². The minimum absolute atomic E-state index is 0.0524. The summed E-state index contributed by atoms with van der Waals surface area (Å²) in [7, 11) is 1.51. The molecule has 2 heterocycles. The quantitative estimate of drug-likeness (QED) is 0.634. The Labute approximate surface area is 156 Å². The van der Waals surface area contributed by atoms with Gasteiger partial charge < -0.3 is 0 Å². The summed E-state index contributed by atoms with van der Waals surface area (Å²) in [6, 6.07) is 5.37. The molecule has 0 unspecified atom stereocenters. The first kappa shape index (κ1) is 17.7. The molecule has 1 aliphatic heterocycles. The molecule has 0 amide bonds. The molecular formula is C17H9BClF4N3O. The van der Waals surface area contributed by atoms with E-state index in [0.717, 1.165) is 24.3 Å². The van der Waals surface area contributed by atoms with Crippen LogP contribution in [0.2, 0.25) is 5.02 Å². The van der Waals surface area contributed by atoms with Gasteiger partial charge in [-0.3, -0.25) is 0 Å². The average molecular weight is 394 g/mol. The molecule has 0 radical (unpaired) electrons. The Morgan fingerprint density at radius 1 is 1.19 bits per heavy atom. The second-order valence-corrected chi connectivity index (χ2v) is 6.28. The summed E-state index contributed by atoms with van der Waals surface area (Å²) in [6.45, 7) is 0.0524. The molecule has 27 heavy (non-hydrogen) atoms. The number of hydrogen-bond acceptors (Lipinski definition) is 3. The molecule has 1 aliphatic rings. The number of alkyl halides is 3. The summed E-state index contributed by atoms with van der Waals surface area (Å²) in [5.41, 5.74) is -0.455. The third kappa shape index (κ3) is 2.91. The molecule has 3 aromatic rings. The Hall–Kier alpha value is -2.68. The number of nitrogens with zero attached hydrogens (tertiary/aromatic N) is 3. The van der Waals surface area contributed by atoms with E-state index in [2.05, 4.69) is 9.88 Å². The SMILES string of the molecule is Oc1ccc(F)c(C2=NCc3bncn3-c3ccc(C(F)(F)F)c(Cl)c32)c1. The predicted octanol–water partition coefficient (Wildman–Crippen LogP) is 4.08. The zero-order valence-corrected chi connectivity index (χ0v) is 14.2. The van der Waals surface area contributed by atoms with Crippen LogP contribution in [0.3, 0.4) is 0 Å². The van der Waals surface area contributed by atoms with Crippen LogP contribution in [0.15, 0.2) is 41.7 Å². The van der Waals surface area contributed by atoms with E-state index in [4.69, 9.17) is 11.6 Å². The van der Waals surface area contributed by atoms with E-state index in [0.29, 0.717) is 11.3 Å². The van der Waals surface area contributed by atoms with Crippen molar-refractivity contribution < 1.29 is 22.7 Å². The van der Waals surface area contributed by atoms with Crippen LogP contribution in [0, 0.1) is 5.82 Å². The molecule has 0 fully saturated rings. The number of phenols is 1. The standard InChI is InChI=1S/C17H9BClF4N3O/c19-15-10(17(21,22)23)2-4-12-14(15)16(9-5-8(27)1-3-11(9)20)24-6-13-18-25-7-26(12)13/h1-5,7,27H,6H2. The van der Waals surface area contributed by atoms with Crippen LogP contribution in [0.4, 0.5) is 17.6 Å². The van der Waals surface area contributed by atoms with Crippen LogP contribution in [-0.2, 0) is 12.7 Å². The molecule has 2 aromatic carbocycles. The van der Waals surface area contributed by atoms with Crippen molar-refractivity contribution in [2.75, 3.05) is 0 Å². The van der Waals surface area contributed by atoms with E-state index in [9.17, 15) is 22.7 Å². The van der Waals surface area contributed by atoms with Gasteiger partial charge in [-0.05, 0) is 0 Å². The second-order valence-electron chi connectivity index (χ2n) is 5.90. The molecule has 0 saturated heterocycles. The van der Waals surface area contributed by atoms with Gasteiger partial charge in [-0.1, -0.05) is 0 Å². The Balaban J connectivity index is 2.07. The molecule has 0 spiro atoms. The minimum atomic E-state index is -4.70. The second kappa shape index (κ2) is 6.19. The van der Waals surface area contributed by atoms with Crippen molar-refractivity contribution in [3.05, 3.63) is 69.8 Å². The van der Waals surface area contributed by atoms with Crippen molar-refractivity contribution in [2.24, 2.45) is 4.99 Å². The van der Waals surface area contributed by atoms with E-state index >= 15 is 0 Å². The zero-order chi connectivity index (χ0) is 19.3.